The molecule has 116 valence electrons. The molecule has 0 aliphatic rings. The normalized spacial score (nSPS) is 10.5. The summed E-state index contributed by atoms with van der Waals surface area (Å²) in [5.41, 5.74) is 4.25. The molecule has 23 heavy (non-hydrogen) atoms. The molecule has 0 aliphatic heterocycles. The molecule has 0 saturated carbocycles. The van der Waals surface area contributed by atoms with E-state index in [1.165, 1.54) is 7.11 Å². The highest BCUT2D eigenvalue weighted by Crippen LogP contribution is 2.17. The van der Waals surface area contributed by atoms with Crippen molar-refractivity contribution in [3.8, 4) is 5.69 Å². The third kappa shape index (κ3) is 3.13. The van der Waals surface area contributed by atoms with Crippen LogP contribution >= 0.6 is 0 Å². The average molecular weight is 307 g/mol. The summed E-state index contributed by atoms with van der Waals surface area (Å²) in [6.07, 6.45) is 3.80. The fourth-order valence-corrected chi connectivity index (χ4v) is 2.53. The van der Waals surface area contributed by atoms with Crippen molar-refractivity contribution in [1.82, 2.24) is 14.8 Å². The molecule has 0 radical (unpaired) electrons. The molecule has 0 amide bonds. The van der Waals surface area contributed by atoms with Crippen LogP contribution in [0, 0.1) is 6.92 Å². The molecule has 0 spiro atoms. The Bertz CT molecular complexity index is 825. The molecule has 5 nitrogen and oxygen atoms in total. The van der Waals surface area contributed by atoms with Crippen LogP contribution in [0.15, 0.2) is 54.9 Å². The molecule has 0 N–H and O–H groups in total. The first-order chi connectivity index (χ1) is 11.2. The van der Waals surface area contributed by atoms with Crippen molar-refractivity contribution in [3.05, 3.63) is 77.4 Å². The lowest BCUT2D eigenvalue weighted by molar-refractivity contribution is 0.0599. The van der Waals surface area contributed by atoms with Crippen molar-refractivity contribution in [2.45, 2.75) is 13.3 Å². The third-order valence-electron chi connectivity index (χ3n) is 3.62. The number of esters is 1. The van der Waals surface area contributed by atoms with E-state index in [0.717, 1.165) is 22.6 Å². The number of hydrogen-bond acceptors (Lipinski definition) is 4. The van der Waals surface area contributed by atoms with Gasteiger partial charge in [-0.3, -0.25) is 4.98 Å². The summed E-state index contributed by atoms with van der Waals surface area (Å²) >= 11 is 0. The van der Waals surface area contributed by atoms with E-state index in [4.69, 9.17) is 4.74 Å². The van der Waals surface area contributed by atoms with Crippen molar-refractivity contribution < 1.29 is 9.53 Å². The Hall–Kier alpha value is -2.95. The van der Waals surface area contributed by atoms with Crippen LogP contribution in [0.5, 0.6) is 0 Å². The molecule has 0 aliphatic carbocycles. The topological polar surface area (TPSA) is 57.0 Å². The number of para-hydroxylation sites is 1. The number of ether oxygens (including phenoxy) is 1. The Balaban J connectivity index is 1.92. The molecule has 5 heteroatoms. The average Bonchev–Trinajstić information content (AvgIpc) is 2.96. The van der Waals surface area contributed by atoms with Gasteiger partial charge in [-0.05, 0) is 36.8 Å². The van der Waals surface area contributed by atoms with Gasteiger partial charge in [-0.1, -0.05) is 18.2 Å². The fourth-order valence-electron chi connectivity index (χ4n) is 2.53. The SMILES string of the molecule is COC(=O)c1ccncc1Cc1cc(C)n(-c2ccccc2)n1. The van der Waals surface area contributed by atoms with Crippen LogP contribution in [0.4, 0.5) is 0 Å². The number of nitrogens with zero attached hydrogens (tertiary/aromatic N) is 3. The largest absolute Gasteiger partial charge is 0.465 e. The minimum absolute atomic E-state index is 0.360. The summed E-state index contributed by atoms with van der Waals surface area (Å²) in [6.45, 7) is 2.01. The highest BCUT2D eigenvalue weighted by molar-refractivity contribution is 5.90. The monoisotopic (exact) mass is 307 g/mol. The van der Waals surface area contributed by atoms with E-state index < -0.39 is 0 Å². The highest BCUT2D eigenvalue weighted by atomic mass is 16.5. The number of carbonyl (C=O) groups excluding carboxylic acids is 1. The lowest BCUT2D eigenvalue weighted by atomic mass is 10.1. The Kier molecular flexibility index (Phi) is 4.19. The quantitative estimate of drug-likeness (QED) is 0.695. The second-order valence-electron chi connectivity index (χ2n) is 5.23. The van der Waals surface area contributed by atoms with E-state index >= 15 is 0 Å². The smallest absolute Gasteiger partial charge is 0.338 e. The minimum Gasteiger partial charge on any atom is -0.465 e. The van der Waals surface area contributed by atoms with E-state index in [1.807, 2.05) is 48.0 Å². The number of hydrogen-bond donors (Lipinski definition) is 0. The lowest BCUT2D eigenvalue weighted by Crippen LogP contribution is -2.07. The van der Waals surface area contributed by atoms with E-state index in [0.29, 0.717) is 12.0 Å². The molecule has 0 bridgehead atoms. The predicted octanol–water partition coefficient (Wildman–Crippen LogP) is 2.95. The Morgan fingerprint density at radius 2 is 2.00 bits per heavy atom. The molecule has 0 unspecified atom stereocenters. The van der Waals surface area contributed by atoms with Gasteiger partial charge in [0.15, 0.2) is 0 Å². The van der Waals surface area contributed by atoms with E-state index in [2.05, 4.69) is 10.1 Å². The Morgan fingerprint density at radius 1 is 1.22 bits per heavy atom. The van der Waals surface area contributed by atoms with E-state index in [-0.39, 0.29) is 5.97 Å². The molecular formula is C18H17N3O2. The maximum Gasteiger partial charge on any atom is 0.338 e. The summed E-state index contributed by atoms with van der Waals surface area (Å²) in [5.74, 6) is -0.360. The van der Waals surface area contributed by atoms with Gasteiger partial charge >= 0.3 is 5.97 Å². The number of carbonyl (C=O) groups is 1. The van der Waals surface area contributed by atoms with Gasteiger partial charge in [0.05, 0.1) is 24.1 Å². The minimum atomic E-state index is -0.360. The molecule has 3 rings (SSSR count). The molecule has 3 aromatic rings. The number of methoxy groups -OCH3 is 1. The van der Waals surface area contributed by atoms with Crippen LogP contribution in [-0.2, 0) is 11.2 Å². The first-order valence-electron chi connectivity index (χ1n) is 7.31. The predicted molar refractivity (Wildman–Crippen MR) is 86.7 cm³/mol. The second-order valence-corrected chi connectivity index (χ2v) is 5.23. The van der Waals surface area contributed by atoms with Crippen LogP contribution in [0.1, 0.15) is 27.3 Å². The zero-order valence-electron chi connectivity index (χ0n) is 13.1. The second kappa shape index (κ2) is 6.44. The van der Waals surface area contributed by atoms with Crippen LogP contribution < -0.4 is 0 Å². The van der Waals surface area contributed by atoms with E-state index in [1.54, 1.807) is 18.5 Å². The Labute approximate surface area is 134 Å². The summed E-state index contributed by atoms with van der Waals surface area (Å²) in [7, 11) is 1.38. The first kappa shape index (κ1) is 15.0. The summed E-state index contributed by atoms with van der Waals surface area (Å²) in [6, 6.07) is 13.6. The standard InChI is InChI=1S/C18H17N3O2/c1-13-10-15(20-21(13)16-6-4-3-5-7-16)11-14-12-19-9-8-17(14)18(22)23-2/h3-10,12H,11H2,1-2H3. The maximum absolute atomic E-state index is 11.8. The molecule has 2 heterocycles. The van der Waals surface area contributed by atoms with Crippen LogP contribution in [-0.4, -0.2) is 27.8 Å². The van der Waals surface area contributed by atoms with Crippen molar-refractivity contribution in [1.29, 1.82) is 0 Å². The van der Waals surface area contributed by atoms with Crippen LogP contribution in [0.25, 0.3) is 5.69 Å². The van der Waals surface area contributed by atoms with Gasteiger partial charge in [-0.2, -0.15) is 5.10 Å². The summed E-state index contributed by atoms with van der Waals surface area (Å²) in [4.78, 5) is 15.9. The zero-order valence-corrected chi connectivity index (χ0v) is 13.1. The van der Waals surface area contributed by atoms with Gasteiger partial charge in [0, 0.05) is 24.5 Å². The number of pyridine rings is 1. The van der Waals surface area contributed by atoms with Crippen molar-refractivity contribution >= 4 is 5.97 Å². The number of benzene rings is 1. The van der Waals surface area contributed by atoms with Crippen molar-refractivity contribution in [2.75, 3.05) is 7.11 Å². The van der Waals surface area contributed by atoms with Gasteiger partial charge in [0.2, 0.25) is 0 Å². The van der Waals surface area contributed by atoms with Gasteiger partial charge < -0.3 is 4.74 Å². The third-order valence-corrected chi connectivity index (χ3v) is 3.62. The van der Waals surface area contributed by atoms with Gasteiger partial charge in [0.25, 0.3) is 0 Å². The van der Waals surface area contributed by atoms with Crippen molar-refractivity contribution in [2.24, 2.45) is 0 Å². The first-order valence-corrected chi connectivity index (χ1v) is 7.31. The van der Waals surface area contributed by atoms with Gasteiger partial charge in [-0.25, -0.2) is 9.48 Å². The number of aromatic nitrogens is 3. The van der Waals surface area contributed by atoms with Crippen LogP contribution in [0.3, 0.4) is 0 Å². The van der Waals surface area contributed by atoms with Gasteiger partial charge in [-0.15, -0.1) is 0 Å². The van der Waals surface area contributed by atoms with Crippen molar-refractivity contribution in [3.63, 3.8) is 0 Å². The fraction of sp³-hybridized carbons (Fsp3) is 0.167. The van der Waals surface area contributed by atoms with Gasteiger partial charge in [0.1, 0.15) is 0 Å². The number of rotatable bonds is 4. The molecule has 0 atom stereocenters. The summed E-state index contributed by atoms with van der Waals surface area (Å²) < 4.78 is 6.71. The molecule has 0 saturated heterocycles. The maximum atomic E-state index is 11.8. The zero-order chi connectivity index (χ0) is 16.2. The highest BCUT2D eigenvalue weighted by Gasteiger charge is 2.14. The molecule has 2 aromatic heterocycles. The summed E-state index contributed by atoms with van der Waals surface area (Å²) in [5, 5.41) is 4.64. The molecular weight excluding hydrogens is 290 g/mol. The van der Waals surface area contributed by atoms with Crippen LogP contribution in [0.2, 0.25) is 0 Å². The number of aryl methyl sites for hydroxylation is 1. The molecule has 1 aromatic carbocycles. The Morgan fingerprint density at radius 3 is 2.74 bits per heavy atom. The molecule has 0 fully saturated rings. The van der Waals surface area contributed by atoms with E-state index in [9.17, 15) is 4.79 Å². The lowest BCUT2D eigenvalue weighted by Gasteiger charge is -2.05.